The van der Waals surface area contributed by atoms with Crippen molar-refractivity contribution < 1.29 is 19.0 Å². The van der Waals surface area contributed by atoms with E-state index in [1.807, 2.05) is 0 Å². The Bertz CT molecular complexity index is 226. The van der Waals surface area contributed by atoms with Crippen LogP contribution in [0.25, 0.3) is 0 Å². The van der Waals surface area contributed by atoms with E-state index in [0.717, 1.165) is 18.9 Å². The molecule has 3 atom stereocenters. The molecule has 0 aromatic rings. The number of fused-ring (bicyclic) bond motifs is 2. The Morgan fingerprint density at radius 2 is 2.38 bits per heavy atom. The van der Waals surface area contributed by atoms with E-state index < -0.39 is 5.97 Å². The van der Waals surface area contributed by atoms with Crippen molar-refractivity contribution in [3.05, 3.63) is 12.7 Å². The highest BCUT2D eigenvalue weighted by atomic mass is 16.7. The van der Waals surface area contributed by atoms with E-state index in [0.29, 0.717) is 6.61 Å². The van der Waals surface area contributed by atoms with E-state index in [9.17, 15) is 4.79 Å². The normalized spacial score (nSPS) is 37.1. The van der Waals surface area contributed by atoms with Crippen molar-refractivity contribution in [1.29, 1.82) is 0 Å². The van der Waals surface area contributed by atoms with Gasteiger partial charge < -0.3 is 14.2 Å². The zero-order chi connectivity index (χ0) is 9.26. The number of esters is 1. The number of hydrogen-bond donors (Lipinski definition) is 0. The minimum absolute atomic E-state index is 0.198. The summed E-state index contributed by atoms with van der Waals surface area (Å²) in [7, 11) is 0. The van der Waals surface area contributed by atoms with E-state index >= 15 is 0 Å². The van der Waals surface area contributed by atoms with Gasteiger partial charge in [-0.15, -0.1) is 0 Å². The fourth-order valence-corrected chi connectivity index (χ4v) is 1.61. The van der Waals surface area contributed by atoms with E-state index in [2.05, 4.69) is 6.58 Å². The summed E-state index contributed by atoms with van der Waals surface area (Å²) >= 11 is 0. The molecule has 0 spiro atoms. The predicted octanol–water partition coefficient (Wildman–Crippen LogP) is 0.619. The third kappa shape index (κ3) is 1.73. The summed E-state index contributed by atoms with van der Waals surface area (Å²) in [6, 6.07) is 0. The van der Waals surface area contributed by atoms with E-state index in [-0.39, 0.29) is 18.5 Å². The van der Waals surface area contributed by atoms with Crippen LogP contribution in [-0.4, -0.2) is 31.1 Å². The summed E-state index contributed by atoms with van der Waals surface area (Å²) in [6.07, 6.45) is 2.44. The summed E-state index contributed by atoms with van der Waals surface area (Å²) in [5.41, 5.74) is 0. The van der Waals surface area contributed by atoms with E-state index in [4.69, 9.17) is 14.2 Å². The summed E-state index contributed by atoms with van der Waals surface area (Å²) < 4.78 is 15.8. The van der Waals surface area contributed by atoms with Gasteiger partial charge in [-0.05, 0) is 12.8 Å². The molecule has 0 aliphatic carbocycles. The number of ether oxygens (including phenoxy) is 3. The van der Waals surface area contributed by atoms with Crippen LogP contribution in [0.15, 0.2) is 12.7 Å². The number of hydrogen-bond acceptors (Lipinski definition) is 4. The SMILES string of the molecule is C=CC(=O)OC1CCC2COC1O2. The molecule has 2 rings (SSSR count). The molecule has 0 amide bonds. The largest absolute Gasteiger partial charge is 0.454 e. The van der Waals surface area contributed by atoms with E-state index in [1.165, 1.54) is 0 Å². The van der Waals surface area contributed by atoms with Crippen molar-refractivity contribution in [2.75, 3.05) is 6.61 Å². The number of carbonyl (C=O) groups is 1. The van der Waals surface area contributed by atoms with Gasteiger partial charge in [-0.25, -0.2) is 4.79 Å². The van der Waals surface area contributed by atoms with Gasteiger partial charge >= 0.3 is 5.97 Å². The van der Waals surface area contributed by atoms with Crippen molar-refractivity contribution in [2.24, 2.45) is 0 Å². The van der Waals surface area contributed by atoms with Crippen LogP contribution in [0.4, 0.5) is 0 Å². The van der Waals surface area contributed by atoms with Gasteiger partial charge in [-0.1, -0.05) is 6.58 Å². The van der Waals surface area contributed by atoms with E-state index in [1.54, 1.807) is 0 Å². The molecule has 2 aliphatic heterocycles. The Hall–Kier alpha value is -0.870. The summed E-state index contributed by atoms with van der Waals surface area (Å²) in [5.74, 6) is -0.414. The average Bonchev–Trinajstić information content (AvgIpc) is 2.54. The van der Waals surface area contributed by atoms with Crippen molar-refractivity contribution in [3.63, 3.8) is 0 Å². The Morgan fingerprint density at radius 3 is 3.15 bits per heavy atom. The first-order valence-electron chi connectivity index (χ1n) is 4.39. The van der Waals surface area contributed by atoms with Gasteiger partial charge in [0.1, 0.15) is 0 Å². The molecular formula is C9H12O4. The van der Waals surface area contributed by atoms with Gasteiger partial charge in [0.25, 0.3) is 0 Å². The maximum Gasteiger partial charge on any atom is 0.330 e. The van der Waals surface area contributed by atoms with Crippen molar-refractivity contribution in [1.82, 2.24) is 0 Å². The maximum absolute atomic E-state index is 10.9. The summed E-state index contributed by atoms with van der Waals surface area (Å²) in [4.78, 5) is 10.9. The predicted molar refractivity (Wildman–Crippen MR) is 43.9 cm³/mol. The Balaban J connectivity index is 1.92. The van der Waals surface area contributed by atoms with Crippen molar-refractivity contribution in [3.8, 4) is 0 Å². The van der Waals surface area contributed by atoms with Crippen LogP contribution < -0.4 is 0 Å². The third-order valence-electron chi connectivity index (χ3n) is 2.28. The minimum atomic E-state index is -0.414. The van der Waals surface area contributed by atoms with Gasteiger partial charge in [0.15, 0.2) is 12.4 Å². The minimum Gasteiger partial charge on any atom is -0.454 e. The molecule has 2 fully saturated rings. The molecule has 2 bridgehead atoms. The highest BCUT2D eigenvalue weighted by Gasteiger charge is 2.39. The first-order valence-corrected chi connectivity index (χ1v) is 4.39. The molecule has 3 unspecified atom stereocenters. The lowest BCUT2D eigenvalue weighted by molar-refractivity contribution is -0.183. The second-order valence-electron chi connectivity index (χ2n) is 3.22. The fourth-order valence-electron chi connectivity index (χ4n) is 1.61. The standard InChI is InChI=1S/C9H12O4/c1-2-8(10)13-7-4-3-6-5-11-9(7)12-6/h2,6-7,9H,1,3-5H2. The van der Waals surface area contributed by atoms with Gasteiger partial charge in [0, 0.05) is 6.08 Å². The van der Waals surface area contributed by atoms with Gasteiger partial charge in [0.05, 0.1) is 12.7 Å². The lowest BCUT2D eigenvalue weighted by Gasteiger charge is -2.26. The van der Waals surface area contributed by atoms with Crippen LogP contribution in [0.2, 0.25) is 0 Å². The van der Waals surface area contributed by atoms with Gasteiger partial charge in [-0.3, -0.25) is 0 Å². The molecule has 0 N–H and O–H groups in total. The number of rotatable bonds is 2. The first-order chi connectivity index (χ1) is 6.29. The zero-order valence-electron chi connectivity index (χ0n) is 7.27. The zero-order valence-corrected chi connectivity index (χ0v) is 7.27. The molecule has 4 nitrogen and oxygen atoms in total. The molecule has 0 aromatic carbocycles. The van der Waals surface area contributed by atoms with Crippen LogP contribution in [-0.2, 0) is 19.0 Å². The monoisotopic (exact) mass is 184 g/mol. The second kappa shape index (κ2) is 3.47. The molecule has 4 heteroatoms. The van der Waals surface area contributed by atoms with Crippen LogP contribution in [0, 0.1) is 0 Å². The molecule has 2 aliphatic rings. The average molecular weight is 184 g/mol. The molecule has 0 aromatic heterocycles. The highest BCUT2D eigenvalue weighted by molar-refractivity contribution is 5.81. The fraction of sp³-hybridized carbons (Fsp3) is 0.667. The Labute approximate surface area is 76.5 Å². The highest BCUT2D eigenvalue weighted by Crippen LogP contribution is 2.28. The van der Waals surface area contributed by atoms with Crippen LogP contribution in [0.1, 0.15) is 12.8 Å². The summed E-state index contributed by atoms with van der Waals surface area (Å²) in [6.45, 7) is 3.95. The summed E-state index contributed by atoms with van der Waals surface area (Å²) in [5, 5.41) is 0. The van der Waals surface area contributed by atoms with Crippen LogP contribution in [0.3, 0.4) is 0 Å². The lowest BCUT2D eigenvalue weighted by atomic mass is 10.1. The Kier molecular flexibility index (Phi) is 2.33. The first kappa shape index (κ1) is 8.72. The van der Waals surface area contributed by atoms with Crippen LogP contribution >= 0.6 is 0 Å². The molecule has 0 radical (unpaired) electrons. The smallest absolute Gasteiger partial charge is 0.330 e. The molecule has 13 heavy (non-hydrogen) atoms. The topological polar surface area (TPSA) is 44.8 Å². The second-order valence-corrected chi connectivity index (χ2v) is 3.22. The van der Waals surface area contributed by atoms with Gasteiger partial charge in [0.2, 0.25) is 0 Å². The van der Waals surface area contributed by atoms with Crippen LogP contribution in [0.5, 0.6) is 0 Å². The van der Waals surface area contributed by atoms with Crippen molar-refractivity contribution >= 4 is 5.97 Å². The molecule has 72 valence electrons. The van der Waals surface area contributed by atoms with Crippen molar-refractivity contribution in [2.45, 2.75) is 31.3 Å². The Morgan fingerprint density at radius 1 is 1.54 bits per heavy atom. The molecular weight excluding hydrogens is 172 g/mol. The number of carbonyl (C=O) groups excluding carboxylic acids is 1. The molecule has 0 saturated carbocycles. The maximum atomic E-state index is 10.9. The quantitative estimate of drug-likeness (QED) is 0.466. The molecule has 2 heterocycles. The molecule has 2 saturated heterocycles. The van der Waals surface area contributed by atoms with Gasteiger partial charge in [-0.2, -0.15) is 0 Å². The lowest BCUT2D eigenvalue weighted by Crippen LogP contribution is -2.36. The third-order valence-corrected chi connectivity index (χ3v) is 2.28.